The van der Waals surface area contributed by atoms with E-state index in [4.69, 9.17) is 9.57 Å². The van der Waals surface area contributed by atoms with Crippen LogP contribution in [0.25, 0.3) is 0 Å². The molecule has 0 saturated carbocycles. The molecule has 0 aliphatic rings. The number of benzene rings is 2. The third-order valence-corrected chi connectivity index (χ3v) is 2.67. The van der Waals surface area contributed by atoms with E-state index in [1.54, 1.807) is 0 Å². The molecule has 2 aromatic carbocycles. The molecule has 0 fully saturated rings. The van der Waals surface area contributed by atoms with Gasteiger partial charge in [0.05, 0.1) is 19.3 Å². The number of halogens is 1. The summed E-state index contributed by atoms with van der Waals surface area (Å²) in [6.45, 7) is 0.213. The van der Waals surface area contributed by atoms with Crippen molar-refractivity contribution in [1.82, 2.24) is 5.48 Å². The van der Waals surface area contributed by atoms with Gasteiger partial charge in [-0.15, -0.1) is 0 Å². The van der Waals surface area contributed by atoms with Crippen LogP contribution in [0.2, 0.25) is 0 Å². The Labute approximate surface area is 116 Å². The maximum Gasteiger partial charge on any atom is 0.277 e. The van der Waals surface area contributed by atoms with E-state index in [0.717, 1.165) is 11.6 Å². The van der Waals surface area contributed by atoms with Gasteiger partial charge in [0.2, 0.25) is 0 Å². The molecule has 0 unspecified atom stereocenters. The largest absolute Gasteiger partial charge is 0.497 e. The molecular weight excluding hydrogens is 261 g/mol. The van der Waals surface area contributed by atoms with Crippen LogP contribution < -0.4 is 10.2 Å². The first kappa shape index (κ1) is 14.0. The van der Waals surface area contributed by atoms with Crippen LogP contribution in [0.5, 0.6) is 5.75 Å². The Bertz CT molecular complexity index is 587. The number of hydrogen-bond donors (Lipinski definition) is 1. The predicted molar refractivity (Wildman–Crippen MR) is 71.6 cm³/mol. The van der Waals surface area contributed by atoms with Gasteiger partial charge in [0.25, 0.3) is 5.91 Å². The first-order valence-electron chi connectivity index (χ1n) is 6.00. The van der Waals surface area contributed by atoms with E-state index in [0.29, 0.717) is 5.75 Å². The molecule has 5 heteroatoms. The normalized spacial score (nSPS) is 10.1. The summed E-state index contributed by atoms with van der Waals surface area (Å²) >= 11 is 0. The summed E-state index contributed by atoms with van der Waals surface area (Å²) in [4.78, 5) is 16.8. The Kier molecular flexibility index (Phi) is 4.68. The summed E-state index contributed by atoms with van der Waals surface area (Å²) in [5, 5.41) is 0. The molecule has 0 saturated heterocycles. The van der Waals surface area contributed by atoms with Crippen molar-refractivity contribution in [2.24, 2.45) is 0 Å². The van der Waals surface area contributed by atoms with Gasteiger partial charge in [0, 0.05) is 6.07 Å². The summed E-state index contributed by atoms with van der Waals surface area (Å²) < 4.78 is 18.5. The van der Waals surface area contributed by atoms with Crippen LogP contribution in [0, 0.1) is 5.82 Å². The third kappa shape index (κ3) is 3.55. The minimum Gasteiger partial charge on any atom is -0.497 e. The van der Waals surface area contributed by atoms with Gasteiger partial charge in [0.1, 0.15) is 11.6 Å². The van der Waals surface area contributed by atoms with Gasteiger partial charge in [-0.25, -0.2) is 9.87 Å². The molecule has 0 aliphatic carbocycles. The second-order valence-corrected chi connectivity index (χ2v) is 4.05. The molecule has 0 spiro atoms. The highest BCUT2D eigenvalue weighted by atomic mass is 19.1. The Morgan fingerprint density at radius 1 is 1.20 bits per heavy atom. The Hall–Kier alpha value is -2.40. The van der Waals surface area contributed by atoms with Gasteiger partial charge in [-0.2, -0.15) is 0 Å². The zero-order chi connectivity index (χ0) is 14.4. The molecule has 104 valence electrons. The van der Waals surface area contributed by atoms with Gasteiger partial charge in [0.15, 0.2) is 0 Å². The van der Waals surface area contributed by atoms with Gasteiger partial charge >= 0.3 is 0 Å². The second-order valence-electron chi connectivity index (χ2n) is 4.05. The zero-order valence-electron chi connectivity index (χ0n) is 10.9. The topological polar surface area (TPSA) is 47.6 Å². The second kappa shape index (κ2) is 6.68. The lowest BCUT2D eigenvalue weighted by Gasteiger charge is -2.07. The lowest BCUT2D eigenvalue weighted by molar-refractivity contribution is 0.0230. The highest BCUT2D eigenvalue weighted by molar-refractivity contribution is 5.93. The number of rotatable bonds is 5. The number of nitrogens with one attached hydrogen (secondary N) is 1. The van der Waals surface area contributed by atoms with Gasteiger partial charge < -0.3 is 4.74 Å². The van der Waals surface area contributed by atoms with Crippen LogP contribution in [0.3, 0.4) is 0 Å². The molecule has 2 aromatic rings. The van der Waals surface area contributed by atoms with Gasteiger partial charge in [-0.1, -0.05) is 30.3 Å². The molecule has 0 bridgehead atoms. The fourth-order valence-electron chi connectivity index (χ4n) is 1.62. The van der Waals surface area contributed by atoms with Gasteiger partial charge in [-0.3, -0.25) is 9.63 Å². The average Bonchev–Trinajstić information content (AvgIpc) is 2.48. The Morgan fingerprint density at radius 2 is 1.95 bits per heavy atom. The summed E-state index contributed by atoms with van der Waals surface area (Å²) in [7, 11) is 1.43. The van der Waals surface area contributed by atoms with E-state index in [1.807, 2.05) is 30.3 Å². The van der Waals surface area contributed by atoms with Crippen molar-refractivity contribution >= 4 is 5.91 Å². The molecule has 20 heavy (non-hydrogen) atoms. The highest BCUT2D eigenvalue weighted by Gasteiger charge is 2.12. The summed E-state index contributed by atoms with van der Waals surface area (Å²) in [6, 6.07) is 13.3. The van der Waals surface area contributed by atoms with E-state index >= 15 is 0 Å². The lowest BCUT2D eigenvalue weighted by atomic mass is 10.2. The van der Waals surface area contributed by atoms with E-state index in [1.165, 1.54) is 19.2 Å². The minimum atomic E-state index is -0.662. The maximum absolute atomic E-state index is 13.6. The van der Waals surface area contributed by atoms with Crippen LogP contribution in [-0.2, 0) is 11.4 Å². The van der Waals surface area contributed by atoms with Crippen LogP contribution in [-0.4, -0.2) is 13.0 Å². The summed E-state index contributed by atoms with van der Waals surface area (Å²) in [6.07, 6.45) is 0. The molecule has 0 heterocycles. The average molecular weight is 275 g/mol. The molecule has 0 radical (unpaired) electrons. The van der Waals surface area contributed by atoms with Crippen molar-refractivity contribution in [3.63, 3.8) is 0 Å². The number of carbonyl (C=O) groups is 1. The molecule has 0 atom stereocenters. The quantitative estimate of drug-likeness (QED) is 0.853. The van der Waals surface area contributed by atoms with Crippen LogP contribution >= 0.6 is 0 Å². The monoisotopic (exact) mass is 275 g/mol. The molecule has 0 aliphatic heterocycles. The van der Waals surface area contributed by atoms with Crippen molar-refractivity contribution in [2.45, 2.75) is 6.61 Å². The number of methoxy groups -OCH3 is 1. The van der Waals surface area contributed by atoms with E-state index < -0.39 is 11.7 Å². The third-order valence-electron chi connectivity index (χ3n) is 2.67. The van der Waals surface area contributed by atoms with Crippen molar-refractivity contribution < 1.29 is 18.8 Å². The molecule has 4 nitrogen and oxygen atoms in total. The molecule has 2 rings (SSSR count). The lowest BCUT2D eigenvalue weighted by Crippen LogP contribution is -2.24. The summed E-state index contributed by atoms with van der Waals surface area (Å²) in [5.41, 5.74) is 3.01. The van der Waals surface area contributed by atoms with E-state index in [2.05, 4.69) is 5.48 Å². The smallest absolute Gasteiger partial charge is 0.277 e. The maximum atomic E-state index is 13.6. The predicted octanol–water partition coefficient (Wildman–Crippen LogP) is 2.70. The fourth-order valence-corrected chi connectivity index (χ4v) is 1.62. The SMILES string of the molecule is COc1ccc(C(=O)NOCc2ccccc2)c(F)c1. The molecule has 1 N–H and O–H groups in total. The van der Waals surface area contributed by atoms with Crippen molar-refractivity contribution in [2.75, 3.05) is 7.11 Å². The van der Waals surface area contributed by atoms with Crippen LogP contribution in [0.4, 0.5) is 4.39 Å². The molecular formula is C15H14FNO3. The van der Waals surface area contributed by atoms with Crippen molar-refractivity contribution in [1.29, 1.82) is 0 Å². The number of amides is 1. The number of hydrogen-bond acceptors (Lipinski definition) is 3. The van der Waals surface area contributed by atoms with E-state index in [-0.39, 0.29) is 12.2 Å². The first-order chi connectivity index (χ1) is 9.70. The Morgan fingerprint density at radius 3 is 2.60 bits per heavy atom. The molecule has 1 amide bonds. The first-order valence-corrected chi connectivity index (χ1v) is 6.00. The van der Waals surface area contributed by atoms with Gasteiger partial charge in [-0.05, 0) is 17.7 Å². The van der Waals surface area contributed by atoms with Crippen molar-refractivity contribution in [3.8, 4) is 5.75 Å². The number of carbonyl (C=O) groups excluding carboxylic acids is 1. The number of ether oxygens (including phenoxy) is 1. The minimum absolute atomic E-state index is 0.0983. The van der Waals surface area contributed by atoms with Crippen molar-refractivity contribution in [3.05, 3.63) is 65.5 Å². The standard InChI is InChI=1S/C15H14FNO3/c1-19-12-7-8-13(14(16)9-12)15(18)17-20-10-11-5-3-2-4-6-11/h2-9H,10H2,1H3,(H,17,18). The number of hydroxylamine groups is 1. The van der Waals surface area contributed by atoms with Crippen LogP contribution in [0.15, 0.2) is 48.5 Å². The summed E-state index contributed by atoms with van der Waals surface area (Å²) in [5.74, 6) is -0.949. The fraction of sp³-hybridized carbons (Fsp3) is 0.133. The zero-order valence-corrected chi connectivity index (χ0v) is 10.9. The Balaban J connectivity index is 1.92. The van der Waals surface area contributed by atoms with Crippen LogP contribution in [0.1, 0.15) is 15.9 Å². The van der Waals surface area contributed by atoms with E-state index in [9.17, 15) is 9.18 Å². The molecule has 0 aromatic heterocycles. The highest BCUT2D eigenvalue weighted by Crippen LogP contribution is 2.16.